The summed E-state index contributed by atoms with van der Waals surface area (Å²) in [6.45, 7) is 7.12. The number of halogens is 1. The zero-order valence-electron chi connectivity index (χ0n) is 16.5. The van der Waals surface area contributed by atoms with E-state index in [-0.39, 0.29) is 0 Å². The standard InChI is InChI=1S/C20H26ClN5O2/c1-4-6-11-25(5-2)13-16-22-18-17(19(27)23-20(28)24(18)3)26(16)12-14-9-7-8-10-15(14)21/h7-10H,4-6,11-13H2,1-3H3,(H,23,27,28). The number of benzene rings is 1. The van der Waals surface area contributed by atoms with Gasteiger partial charge in [0, 0.05) is 12.1 Å². The zero-order valence-corrected chi connectivity index (χ0v) is 17.3. The van der Waals surface area contributed by atoms with E-state index in [1.54, 1.807) is 7.05 Å². The molecule has 1 N–H and O–H groups in total. The molecule has 0 aliphatic carbocycles. The van der Waals surface area contributed by atoms with Crippen molar-refractivity contribution in [3.05, 3.63) is 61.5 Å². The number of fused-ring (bicyclic) bond motifs is 1. The highest BCUT2D eigenvalue weighted by atomic mass is 35.5. The first kappa shape index (κ1) is 20.4. The molecule has 8 heteroatoms. The van der Waals surface area contributed by atoms with Gasteiger partial charge in [-0.3, -0.25) is 19.2 Å². The van der Waals surface area contributed by atoms with Gasteiger partial charge in [0.15, 0.2) is 11.2 Å². The Kier molecular flexibility index (Phi) is 6.36. The molecule has 0 aliphatic rings. The Balaban J connectivity index is 2.14. The van der Waals surface area contributed by atoms with Crippen molar-refractivity contribution in [1.82, 2.24) is 24.0 Å². The topological polar surface area (TPSA) is 75.9 Å². The number of unbranched alkanes of at least 4 members (excludes halogenated alkanes) is 1. The van der Waals surface area contributed by atoms with Crippen molar-refractivity contribution >= 4 is 22.8 Å². The number of nitrogens with zero attached hydrogens (tertiary/aromatic N) is 4. The number of aromatic nitrogens is 4. The number of aryl methyl sites for hydroxylation is 1. The molecular formula is C20H26ClN5O2. The second kappa shape index (κ2) is 8.75. The van der Waals surface area contributed by atoms with Gasteiger partial charge in [-0.15, -0.1) is 0 Å². The van der Waals surface area contributed by atoms with Crippen molar-refractivity contribution < 1.29 is 0 Å². The second-order valence-corrected chi connectivity index (χ2v) is 7.33. The van der Waals surface area contributed by atoms with E-state index < -0.39 is 11.2 Å². The predicted molar refractivity (Wildman–Crippen MR) is 112 cm³/mol. The van der Waals surface area contributed by atoms with Gasteiger partial charge in [-0.25, -0.2) is 9.78 Å². The summed E-state index contributed by atoms with van der Waals surface area (Å²) in [5.74, 6) is 0.750. The van der Waals surface area contributed by atoms with Gasteiger partial charge < -0.3 is 4.57 Å². The first-order valence-electron chi connectivity index (χ1n) is 9.60. The van der Waals surface area contributed by atoms with E-state index in [0.29, 0.717) is 29.3 Å². The van der Waals surface area contributed by atoms with Crippen LogP contribution in [0.2, 0.25) is 5.02 Å². The Labute approximate surface area is 168 Å². The van der Waals surface area contributed by atoms with Gasteiger partial charge in [-0.2, -0.15) is 0 Å². The van der Waals surface area contributed by atoms with E-state index in [4.69, 9.17) is 11.6 Å². The summed E-state index contributed by atoms with van der Waals surface area (Å²) in [6, 6.07) is 7.55. The number of imidazole rings is 1. The average molecular weight is 404 g/mol. The number of hydrogen-bond acceptors (Lipinski definition) is 4. The fraction of sp³-hybridized carbons (Fsp3) is 0.450. The fourth-order valence-corrected chi connectivity index (χ4v) is 3.49. The van der Waals surface area contributed by atoms with Gasteiger partial charge in [0.25, 0.3) is 5.56 Å². The molecule has 0 spiro atoms. The minimum atomic E-state index is -0.468. The molecule has 0 unspecified atom stereocenters. The second-order valence-electron chi connectivity index (χ2n) is 6.92. The summed E-state index contributed by atoms with van der Waals surface area (Å²) >= 11 is 6.36. The molecule has 2 aromatic heterocycles. The molecule has 28 heavy (non-hydrogen) atoms. The lowest BCUT2D eigenvalue weighted by Gasteiger charge is -2.20. The highest BCUT2D eigenvalue weighted by Crippen LogP contribution is 2.20. The van der Waals surface area contributed by atoms with Crippen LogP contribution in [0.1, 0.15) is 38.1 Å². The highest BCUT2D eigenvalue weighted by Gasteiger charge is 2.19. The summed E-state index contributed by atoms with van der Waals surface area (Å²) in [6.07, 6.45) is 2.21. The SMILES string of the molecule is CCCCN(CC)Cc1nc2c(c(=O)[nH]c(=O)n2C)n1Cc1ccccc1Cl. The van der Waals surface area contributed by atoms with Crippen molar-refractivity contribution in [2.45, 2.75) is 39.8 Å². The van der Waals surface area contributed by atoms with E-state index in [9.17, 15) is 9.59 Å². The maximum Gasteiger partial charge on any atom is 0.329 e. The zero-order chi connectivity index (χ0) is 20.3. The van der Waals surface area contributed by atoms with Crippen LogP contribution in [0.5, 0.6) is 0 Å². The normalized spacial score (nSPS) is 11.6. The molecule has 0 saturated carbocycles. The molecule has 1 aromatic carbocycles. The fourth-order valence-electron chi connectivity index (χ4n) is 3.30. The summed E-state index contributed by atoms with van der Waals surface area (Å²) < 4.78 is 3.26. The Morgan fingerprint density at radius 1 is 1.21 bits per heavy atom. The number of rotatable bonds is 8. The molecule has 0 fully saturated rings. The van der Waals surface area contributed by atoms with Gasteiger partial charge in [0.1, 0.15) is 5.82 Å². The van der Waals surface area contributed by atoms with Gasteiger partial charge in [-0.05, 0) is 31.1 Å². The van der Waals surface area contributed by atoms with Crippen molar-refractivity contribution in [3.63, 3.8) is 0 Å². The van der Waals surface area contributed by atoms with E-state index in [2.05, 4.69) is 28.7 Å². The highest BCUT2D eigenvalue weighted by molar-refractivity contribution is 6.31. The maximum absolute atomic E-state index is 12.6. The molecule has 3 aromatic rings. The Hall–Kier alpha value is -2.38. The van der Waals surface area contributed by atoms with Crippen LogP contribution in [0.3, 0.4) is 0 Å². The summed E-state index contributed by atoms with van der Waals surface area (Å²) in [7, 11) is 1.62. The molecule has 0 bridgehead atoms. The average Bonchev–Trinajstić information content (AvgIpc) is 3.03. The summed E-state index contributed by atoms with van der Waals surface area (Å²) in [4.78, 5) is 34.0. The predicted octanol–water partition coefficient (Wildman–Crippen LogP) is 2.75. The monoisotopic (exact) mass is 403 g/mol. The van der Waals surface area contributed by atoms with E-state index >= 15 is 0 Å². The van der Waals surface area contributed by atoms with Gasteiger partial charge in [0.2, 0.25) is 0 Å². The van der Waals surface area contributed by atoms with Crippen LogP contribution in [0.4, 0.5) is 0 Å². The Morgan fingerprint density at radius 3 is 2.64 bits per heavy atom. The van der Waals surface area contributed by atoms with E-state index in [1.165, 1.54) is 4.57 Å². The van der Waals surface area contributed by atoms with Crippen LogP contribution in [-0.4, -0.2) is 37.1 Å². The lowest BCUT2D eigenvalue weighted by atomic mass is 10.2. The van der Waals surface area contributed by atoms with Crippen molar-refractivity contribution in [2.75, 3.05) is 13.1 Å². The van der Waals surface area contributed by atoms with Gasteiger partial charge in [0.05, 0.1) is 13.1 Å². The lowest BCUT2D eigenvalue weighted by Crippen LogP contribution is -2.29. The van der Waals surface area contributed by atoms with Crippen LogP contribution < -0.4 is 11.2 Å². The minimum Gasteiger partial charge on any atom is -0.316 e. The molecule has 0 radical (unpaired) electrons. The maximum atomic E-state index is 12.6. The first-order chi connectivity index (χ1) is 13.5. The Bertz CT molecular complexity index is 1080. The van der Waals surface area contributed by atoms with Gasteiger partial charge in [-0.1, -0.05) is 50.1 Å². The molecule has 0 atom stereocenters. The molecule has 7 nitrogen and oxygen atoms in total. The van der Waals surface area contributed by atoms with Crippen molar-refractivity contribution in [1.29, 1.82) is 0 Å². The van der Waals surface area contributed by atoms with Gasteiger partial charge >= 0.3 is 5.69 Å². The minimum absolute atomic E-state index is 0.391. The third-order valence-electron chi connectivity index (χ3n) is 5.01. The quantitative estimate of drug-likeness (QED) is 0.627. The third kappa shape index (κ3) is 4.05. The third-order valence-corrected chi connectivity index (χ3v) is 5.38. The molecular weight excluding hydrogens is 378 g/mol. The van der Waals surface area contributed by atoms with Crippen LogP contribution >= 0.6 is 11.6 Å². The Morgan fingerprint density at radius 2 is 1.96 bits per heavy atom. The summed E-state index contributed by atoms with van der Waals surface area (Å²) in [5.41, 5.74) is 0.783. The van der Waals surface area contributed by atoms with Crippen LogP contribution in [0.25, 0.3) is 11.2 Å². The van der Waals surface area contributed by atoms with E-state index in [1.807, 2.05) is 28.8 Å². The number of nitrogens with one attached hydrogen (secondary N) is 1. The smallest absolute Gasteiger partial charge is 0.316 e. The molecule has 3 rings (SSSR count). The molecule has 0 saturated heterocycles. The van der Waals surface area contributed by atoms with Crippen molar-refractivity contribution in [3.8, 4) is 0 Å². The largest absolute Gasteiger partial charge is 0.329 e. The van der Waals surface area contributed by atoms with E-state index in [0.717, 1.165) is 37.3 Å². The van der Waals surface area contributed by atoms with Crippen molar-refractivity contribution in [2.24, 2.45) is 7.05 Å². The lowest BCUT2D eigenvalue weighted by molar-refractivity contribution is 0.265. The van der Waals surface area contributed by atoms with Crippen LogP contribution in [-0.2, 0) is 20.1 Å². The molecule has 150 valence electrons. The molecule has 2 heterocycles. The number of hydrogen-bond donors (Lipinski definition) is 1. The molecule has 0 amide bonds. The van der Waals surface area contributed by atoms with Crippen LogP contribution in [0.15, 0.2) is 33.9 Å². The molecule has 0 aliphatic heterocycles. The number of H-pyrrole nitrogens is 1. The van der Waals surface area contributed by atoms with Crippen LogP contribution in [0, 0.1) is 0 Å². The first-order valence-corrected chi connectivity index (χ1v) is 9.98. The summed E-state index contributed by atoms with van der Waals surface area (Å²) in [5, 5.41) is 0.634. The number of aromatic amines is 1.